The Morgan fingerprint density at radius 2 is 2.25 bits per heavy atom. The largest absolute Gasteiger partial charge is 0.399 e. The summed E-state index contributed by atoms with van der Waals surface area (Å²) in [6.07, 6.45) is 3.12. The molecule has 1 aromatic rings. The quantitative estimate of drug-likeness (QED) is 0.823. The second-order valence-electron chi connectivity index (χ2n) is 5.23. The van der Waals surface area contributed by atoms with Crippen LogP contribution < -0.4 is 11.5 Å². The van der Waals surface area contributed by atoms with Gasteiger partial charge in [-0.1, -0.05) is 6.92 Å². The molecule has 1 atom stereocenters. The van der Waals surface area contributed by atoms with Crippen molar-refractivity contribution < 1.29 is 9.53 Å². The fourth-order valence-corrected chi connectivity index (χ4v) is 2.49. The maximum Gasteiger partial charge on any atom is 0.256 e. The van der Waals surface area contributed by atoms with E-state index in [2.05, 4.69) is 6.92 Å². The van der Waals surface area contributed by atoms with E-state index in [4.69, 9.17) is 16.2 Å². The molecule has 20 heavy (non-hydrogen) atoms. The Bertz CT molecular complexity index is 476. The molecular formula is C15H23N3O2. The summed E-state index contributed by atoms with van der Waals surface area (Å²) in [5, 5.41) is 0. The number of nitrogens with zero attached hydrogens (tertiary/aromatic N) is 1. The van der Waals surface area contributed by atoms with Crippen LogP contribution in [0.1, 0.15) is 36.5 Å². The second-order valence-corrected chi connectivity index (χ2v) is 5.23. The van der Waals surface area contributed by atoms with Crippen molar-refractivity contribution >= 4 is 17.3 Å². The van der Waals surface area contributed by atoms with E-state index in [1.165, 1.54) is 0 Å². The van der Waals surface area contributed by atoms with Gasteiger partial charge in [-0.05, 0) is 37.5 Å². The van der Waals surface area contributed by atoms with E-state index in [1.54, 1.807) is 18.2 Å². The van der Waals surface area contributed by atoms with Crippen molar-refractivity contribution in [2.45, 2.75) is 32.3 Å². The maximum atomic E-state index is 12.5. The molecule has 0 aliphatic carbocycles. The highest BCUT2D eigenvalue weighted by atomic mass is 16.5. The van der Waals surface area contributed by atoms with Crippen LogP contribution >= 0.6 is 0 Å². The van der Waals surface area contributed by atoms with Gasteiger partial charge < -0.3 is 21.1 Å². The molecule has 1 heterocycles. The average Bonchev–Trinajstić information content (AvgIpc) is 2.45. The van der Waals surface area contributed by atoms with E-state index < -0.39 is 0 Å². The number of ether oxygens (including phenoxy) is 1. The van der Waals surface area contributed by atoms with Gasteiger partial charge in [0.25, 0.3) is 5.91 Å². The zero-order chi connectivity index (χ0) is 14.5. The molecule has 1 fully saturated rings. The zero-order valence-electron chi connectivity index (χ0n) is 12.0. The lowest BCUT2D eigenvalue weighted by Crippen LogP contribution is -2.43. The molecule has 1 aromatic carbocycles. The van der Waals surface area contributed by atoms with Gasteiger partial charge in [-0.15, -0.1) is 0 Å². The van der Waals surface area contributed by atoms with Crippen LogP contribution in [0, 0.1) is 0 Å². The van der Waals surface area contributed by atoms with Crippen molar-refractivity contribution in [2.24, 2.45) is 0 Å². The molecule has 1 amide bonds. The van der Waals surface area contributed by atoms with Crippen LogP contribution in [0.2, 0.25) is 0 Å². The monoisotopic (exact) mass is 277 g/mol. The van der Waals surface area contributed by atoms with E-state index in [1.807, 2.05) is 4.90 Å². The number of anilines is 2. The van der Waals surface area contributed by atoms with Crippen molar-refractivity contribution in [3.05, 3.63) is 23.8 Å². The number of benzene rings is 1. The fraction of sp³-hybridized carbons (Fsp3) is 0.533. The zero-order valence-corrected chi connectivity index (χ0v) is 12.0. The summed E-state index contributed by atoms with van der Waals surface area (Å²) in [6, 6.07) is 5.03. The van der Waals surface area contributed by atoms with Gasteiger partial charge in [-0.3, -0.25) is 4.79 Å². The SMILES string of the molecule is CCCOC1CCCN(C(=O)c2ccc(N)cc2N)C1. The number of nitrogen functional groups attached to an aromatic ring is 2. The molecule has 0 radical (unpaired) electrons. The number of amides is 1. The summed E-state index contributed by atoms with van der Waals surface area (Å²) >= 11 is 0. The van der Waals surface area contributed by atoms with Gasteiger partial charge in [0.05, 0.1) is 11.7 Å². The molecule has 1 unspecified atom stereocenters. The van der Waals surface area contributed by atoms with Gasteiger partial charge in [0, 0.05) is 31.1 Å². The van der Waals surface area contributed by atoms with Crippen LogP contribution in [0.25, 0.3) is 0 Å². The van der Waals surface area contributed by atoms with Gasteiger partial charge in [0.2, 0.25) is 0 Å². The minimum absolute atomic E-state index is 0.0349. The average molecular weight is 277 g/mol. The first-order chi connectivity index (χ1) is 9.61. The minimum atomic E-state index is -0.0349. The van der Waals surface area contributed by atoms with Gasteiger partial charge in [-0.2, -0.15) is 0 Å². The van der Waals surface area contributed by atoms with Gasteiger partial charge in [0.1, 0.15) is 0 Å². The molecule has 110 valence electrons. The Labute approximate surface area is 119 Å². The molecule has 0 spiro atoms. The van der Waals surface area contributed by atoms with Crippen molar-refractivity contribution in [3.8, 4) is 0 Å². The third-order valence-corrected chi connectivity index (χ3v) is 3.53. The number of likely N-dealkylation sites (tertiary alicyclic amines) is 1. The number of carbonyl (C=O) groups excluding carboxylic acids is 1. The lowest BCUT2D eigenvalue weighted by molar-refractivity contribution is 0.00214. The Balaban J connectivity index is 2.04. The van der Waals surface area contributed by atoms with E-state index in [-0.39, 0.29) is 12.0 Å². The summed E-state index contributed by atoms with van der Waals surface area (Å²) in [5.74, 6) is -0.0349. The Hall–Kier alpha value is -1.75. The standard InChI is InChI=1S/C15H23N3O2/c1-2-8-20-12-4-3-7-18(10-12)15(19)13-6-5-11(16)9-14(13)17/h5-6,9,12H,2-4,7-8,10,16-17H2,1H3. The molecule has 0 aromatic heterocycles. The fourth-order valence-electron chi connectivity index (χ4n) is 2.49. The molecule has 0 saturated carbocycles. The number of rotatable bonds is 4. The van der Waals surface area contributed by atoms with Crippen molar-refractivity contribution in [3.63, 3.8) is 0 Å². The van der Waals surface area contributed by atoms with Crippen LogP contribution in [0.4, 0.5) is 11.4 Å². The predicted molar refractivity (Wildman–Crippen MR) is 80.4 cm³/mol. The minimum Gasteiger partial charge on any atom is -0.399 e. The molecule has 1 aliphatic heterocycles. The first kappa shape index (κ1) is 14.7. The van der Waals surface area contributed by atoms with Crippen LogP contribution in [-0.4, -0.2) is 36.6 Å². The summed E-state index contributed by atoms with van der Waals surface area (Å²) in [5.41, 5.74) is 13.1. The number of hydrogen-bond acceptors (Lipinski definition) is 4. The molecule has 5 heteroatoms. The van der Waals surface area contributed by atoms with Gasteiger partial charge in [0.15, 0.2) is 0 Å². The van der Waals surface area contributed by atoms with Crippen molar-refractivity contribution in [2.75, 3.05) is 31.2 Å². The molecule has 0 bridgehead atoms. The summed E-state index contributed by atoms with van der Waals surface area (Å²) < 4.78 is 5.75. The van der Waals surface area contributed by atoms with E-state index >= 15 is 0 Å². The highest BCUT2D eigenvalue weighted by Crippen LogP contribution is 2.21. The number of nitrogens with two attached hydrogens (primary N) is 2. The van der Waals surface area contributed by atoms with Crippen LogP contribution in [0.15, 0.2) is 18.2 Å². The predicted octanol–water partition coefficient (Wildman–Crippen LogP) is 1.88. The van der Waals surface area contributed by atoms with Crippen molar-refractivity contribution in [1.29, 1.82) is 0 Å². The van der Waals surface area contributed by atoms with Crippen LogP contribution in [0.5, 0.6) is 0 Å². The number of piperidine rings is 1. The first-order valence-electron chi connectivity index (χ1n) is 7.17. The summed E-state index contributed by atoms with van der Waals surface area (Å²) in [6.45, 7) is 4.23. The topological polar surface area (TPSA) is 81.6 Å². The smallest absolute Gasteiger partial charge is 0.256 e. The summed E-state index contributed by atoms with van der Waals surface area (Å²) in [7, 11) is 0. The molecule has 1 saturated heterocycles. The van der Waals surface area contributed by atoms with E-state index in [0.717, 1.165) is 32.4 Å². The Morgan fingerprint density at radius 1 is 1.45 bits per heavy atom. The molecule has 1 aliphatic rings. The van der Waals surface area contributed by atoms with Gasteiger partial charge >= 0.3 is 0 Å². The molecule has 5 nitrogen and oxygen atoms in total. The molecule has 2 rings (SSSR count). The molecule has 4 N–H and O–H groups in total. The van der Waals surface area contributed by atoms with E-state index in [0.29, 0.717) is 23.5 Å². The normalized spacial score (nSPS) is 19.1. The third kappa shape index (κ3) is 3.42. The summed E-state index contributed by atoms with van der Waals surface area (Å²) in [4.78, 5) is 14.3. The first-order valence-corrected chi connectivity index (χ1v) is 7.17. The Morgan fingerprint density at radius 3 is 2.95 bits per heavy atom. The highest BCUT2D eigenvalue weighted by Gasteiger charge is 2.25. The van der Waals surface area contributed by atoms with Gasteiger partial charge in [-0.25, -0.2) is 0 Å². The lowest BCUT2D eigenvalue weighted by Gasteiger charge is -2.33. The van der Waals surface area contributed by atoms with Crippen LogP contribution in [-0.2, 0) is 4.74 Å². The van der Waals surface area contributed by atoms with E-state index in [9.17, 15) is 4.79 Å². The lowest BCUT2D eigenvalue weighted by atomic mass is 10.1. The second kappa shape index (κ2) is 6.61. The van der Waals surface area contributed by atoms with Crippen LogP contribution in [0.3, 0.4) is 0 Å². The maximum absolute atomic E-state index is 12.5. The Kier molecular flexibility index (Phi) is 4.84. The third-order valence-electron chi connectivity index (χ3n) is 3.53. The number of carbonyl (C=O) groups is 1. The molecular weight excluding hydrogens is 254 g/mol. The highest BCUT2D eigenvalue weighted by molar-refractivity contribution is 5.99. The van der Waals surface area contributed by atoms with Crippen molar-refractivity contribution in [1.82, 2.24) is 4.90 Å². The number of hydrogen-bond donors (Lipinski definition) is 2.